The molecule has 0 aliphatic rings. The van der Waals surface area contributed by atoms with Crippen LogP contribution in [0.15, 0.2) is 10.8 Å². The van der Waals surface area contributed by atoms with Crippen molar-refractivity contribution in [2.45, 2.75) is 32.7 Å². The maximum Gasteiger partial charge on any atom is 0.329 e. The minimum Gasteiger partial charge on any atom is -0.480 e. The molecular weight excluding hydrogens is 224 g/mol. The molecule has 6 nitrogen and oxygen atoms in total. The monoisotopic (exact) mass is 240 g/mol. The van der Waals surface area contributed by atoms with Crippen LogP contribution in [0.1, 0.15) is 25.1 Å². The van der Waals surface area contributed by atoms with Crippen LogP contribution in [0.2, 0.25) is 0 Å². The number of carboxylic acid groups (broad SMARTS) is 1. The van der Waals surface area contributed by atoms with E-state index in [1.54, 1.807) is 6.92 Å². The Morgan fingerprint density at radius 3 is 2.53 bits per heavy atom. The molecule has 0 aliphatic carbocycles. The molecule has 17 heavy (non-hydrogen) atoms. The van der Waals surface area contributed by atoms with Gasteiger partial charge in [-0.05, 0) is 20.8 Å². The van der Waals surface area contributed by atoms with Gasteiger partial charge in [0, 0.05) is 12.6 Å². The number of nitrogens with zero attached hydrogens (tertiary/aromatic N) is 2. The molecule has 0 saturated carbocycles. The average Bonchev–Trinajstić information content (AvgIpc) is 2.63. The second-order valence-electron chi connectivity index (χ2n) is 4.42. The summed E-state index contributed by atoms with van der Waals surface area (Å²) in [5.74, 6) is -1.33. The summed E-state index contributed by atoms with van der Waals surface area (Å²) in [6, 6.07) is 0. The predicted octanol–water partition coefficient (Wildman–Crippen LogP) is 0.847. The molecule has 0 saturated heterocycles. The van der Waals surface area contributed by atoms with Crippen LogP contribution in [-0.2, 0) is 16.0 Å². The third-order valence-electron chi connectivity index (χ3n) is 2.93. The van der Waals surface area contributed by atoms with E-state index in [-0.39, 0.29) is 12.3 Å². The van der Waals surface area contributed by atoms with E-state index in [4.69, 9.17) is 9.63 Å². The fourth-order valence-electron chi connectivity index (χ4n) is 1.22. The lowest BCUT2D eigenvalue weighted by Crippen LogP contribution is -2.51. The highest BCUT2D eigenvalue weighted by Gasteiger charge is 2.35. The van der Waals surface area contributed by atoms with Gasteiger partial charge in [-0.25, -0.2) is 4.79 Å². The Morgan fingerprint density at radius 2 is 2.12 bits per heavy atom. The van der Waals surface area contributed by atoms with Gasteiger partial charge in [0.15, 0.2) is 0 Å². The summed E-state index contributed by atoms with van der Waals surface area (Å²) in [6.45, 7) is 4.69. The second kappa shape index (κ2) is 4.57. The Labute approximate surface area is 99.2 Å². The number of hydrogen-bond donors (Lipinski definition) is 1. The van der Waals surface area contributed by atoms with Crippen molar-refractivity contribution in [3.8, 4) is 0 Å². The van der Waals surface area contributed by atoms with E-state index in [0.717, 1.165) is 0 Å². The predicted molar refractivity (Wildman–Crippen MR) is 59.4 cm³/mol. The summed E-state index contributed by atoms with van der Waals surface area (Å²) in [5.41, 5.74) is 0.0743. The Balaban J connectivity index is 2.78. The Hall–Kier alpha value is -1.85. The van der Waals surface area contributed by atoms with Gasteiger partial charge in [-0.3, -0.25) is 4.79 Å². The molecule has 0 bridgehead atoms. The van der Waals surface area contributed by atoms with Gasteiger partial charge in [0.25, 0.3) is 0 Å². The normalized spacial score (nSPS) is 11.3. The van der Waals surface area contributed by atoms with Crippen LogP contribution < -0.4 is 0 Å². The fraction of sp³-hybridized carbons (Fsp3) is 0.545. The molecule has 1 rings (SSSR count). The lowest BCUT2D eigenvalue weighted by molar-refractivity contribution is -0.155. The van der Waals surface area contributed by atoms with Crippen LogP contribution >= 0.6 is 0 Å². The number of carboxylic acids is 1. The Bertz CT molecular complexity index is 436. The summed E-state index contributed by atoms with van der Waals surface area (Å²) < 4.78 is 4.72. The summed E-state index contributed by atoms with van der Waals surface area (Å²) >= 11 is 0. The van der Waals surface area contributed by atoms with Crippen LogP contribution in [0, 0.1) is 6.92 Å². The second-order valence-corrected chi connectivity index (χ2v) is 4.42. The molecule has 6 heteroatoms. The van der Waals surface area contributed by atoms with Crippen LogP contribution in [-0.4, -0.2) is 39.6 Å². The van der Waals surface area contributed by atoms with Crippen molar-refractivity contribution < 1.29 is 19.2 Å². The molecule has 1 amide bonds. The van der Waals surface area contributed by atoms with Crippen molar-refractivity contribution in [1.29, 1.82) is 0 Å². The lowest BCUT2D eigenvalue weighted by Gasteiger charge is -2.31. The van der Waals surface area contributed by atoms with Crippen molar-refractivity contribution in [2.75, 3.05) is 7.05 Å². The van der Waals surface area contributed by atoms with Gasteiger partial charge in [-0.2, -0.15) is 0 Å². The van der Waals surface area contributed by atoms with Crippen molar-refractivity contribution in [2.24, 2.45) is 0 Å². The van der Waals surface area contributed by atoms with Gasteiger partial charge in [-0.1, -0.05) is 5.16 Å². The molecule has 1 heterocycles. The lowest BCUT2D eigenvalue weighted by atomic mass is 10.0. The standard InChI is InChI=1S/C11H16N2O4/c1-7-8(6-17-12-7)5-9(14)13(4)11(2,3)10(15)16/h6H,5H2,1-4H3,(H,15,16). The molecule has 0 unspecified atom stereocenters. The maximum atomic E-state index is 11.9. The minimum absolute atomic E-state index is 0.0859. The first-order chi connectivity index (χ1) is 7.76. The fourth-order valence-corrected chi connectivity index (χ4v) is 1.22. The van der Waals surface area contributed by atoms with Crippen molar-refractivity contribution in [1.82, 2.24) is 10.1 Å². The van der Waals surface area contributed by atoms with Crippen LogP contribution in [0.3, 0.4) is 0 Å². The smallest absolute Gasteiger partial charge is 0.329 e. The summed E-state index contributed by atoms with van der Waals surface area (Å²) in [7, 11) is 1.47. The number of hydrogen-bond acceptors (Lipinski definition) is 4. The Kier molecular flexibility index (Phi) is 3.55. The number of amides is 1. The largest absolute Gasteiger partial charge is 0.480 e. The van der Waals surface area contributed by atoms with Gasteiger partial charge in [0.05, 0.1) is 12.1 Å². The summed E-state index contributed by atoms with van der Waals surface area (Å²) in [6.07, 6.45) is 1.48. The first kappa shape index (κ1) is 13.2. The molecule has 94 valence electrons. The van der Waals surface area contributed by atoms with Gasteiger partial charge >= 0.3 is 5.97 Å². The van der Waals surface area contributed by atoms with Crippen molar-refractivity contribution >= 4 is 11.9 Å². The van der Waals surface area contributed by atoms with E-state index in [9.17, 15) is 9.59 Å². The van der Waals surface area contributed by atoms with Crippen LogP contribution in [0.25, 0.3) is 0 Å². The highest BCUT2D eigenvalue weighted by atomic mass is 16.5. The molecule has 1 N–H and O–H groups in total. The number of aliphatic carboxylic acids is 1. The molecule has 0 fully saturated rings. The van der Waals surface area contributed by atoms with E-state index in [0.29, 0.717) is 11.3 Å². The maximum absolute atomic E-state index is 11.9. The van der Waals surface area contributed by atoms with Crippen LogP contribution in [0.4, 0.5) is 0 Å². The van der Waals surface area contributed by atoms with E-state index < -0.39 is 11.5 Å². The van der Waals surface area contributed by atoms with Crippen molar-refractivity contribution in [3.63, 3.8) is 0 Å². The number of rotatable bonds is 4. The molecule has 0 aromatic carbocycles. The first-order valence-electron chi connectivity index (χ1n) is 5.16. The zero-order valence-electron chi connectivity index (χ0n) is 10.4. The Morgan fingerprint density at radius 1 is 1.53 bits per heavy atom. The van der Waals surface area contributed by atoms with E-state index in [1.807, 2.05) is 0 Å². The third-order valence-corrected chi connectivity index (χ3v) is 2.93. The van der Waals surface area contributed by atoms with Crippen LogP contribution in [0.5, 0.6) is 0 Å². The average molecular weight is 240 g/mol. The quantitative estimate of drug-likeness (QED) is 0.843. The summed E-state index contributed by atoms with van der Waals surface area (Å²) in [4.78, 5) is 24.1. The van der Waals surface area contributed by atoms with Crippen molar-refractivity contribution in [3.05, 3.63) is 17.5 Å². The number of likely N-dealkylation sites (N-methyl/N-ethyl adjacent to an activating group) is 1. The zero-order valence-corrected chi connectivity index (χ0v) is 10.4. The number of carbonyl (C=O) groups is 2. The molecule has 0 spiro atoms. The molecular formula is C11H16N2O4. The summed E-state index contributed by atoms with van der Waals surface area (Å²) in [5, 5.41) is 12.7. The molecule has 1 aromatic heterocycles. The molecule has 0 aliphatic heterocycles. The van der Waals surface area contributed by atoms with Gasteiger partial charge in [0.2, 0.25) is 5.91 Å². The van der Waals surface area contributed by atoms with E-state index in [2.05, 4.69) is 5.16 Å². The molecule has 1 aromatic rings. The third kappa shape index (κ3) is 2.64. The van der Waals surface area contributed by atoms with E-state index in [1.165, 1.54) is 32.1 Å². The van der Waals surface area contributed by atoms with E-state index >= 15 is 0 Å². The zero-order chi connectivity index (χ0) is 13.2. The SMILES string of the molecule is Cc1nocc1CC(=O)N(C)C(C)(C)C(=O)O. The first-order valence-corrected chi connectivity index (χ1v) is 5.16. The molecule has 0 atom stereocenters. The number of carbonyl (C=O) groups excluding carboxylic acids is 1. The number of aromatic nitrogens is 1. The minimum atomic E-state index is -1.23. The topological polar surface area (TPSA) is 83.6 Å². The highest BCUT2D eigenvalue weighted by Crippen LogP contribution is 2.15. The molecule has 0 radical (unpaired) electrons. The number of aryl methyl sites for hydroxylation is 1. The van der Waals surface area contributed by atoms with Gasteiger partial charge in [0.1, 0.15) is 11.8 Å². The highest BCUT2D eigenvalue weighted by molar-refractivity contribution is 5.87. The van der Waals surface area contributed by atoms with Gasteiger partial charge < -0.3 is 14.5 Å². The van der Waals surface area contributed by atoms with Gasteiger partial charge in [-0.15, -0.1) is 0 Å².